The highest BCUT2D eigenvalue weighted by atomic mass is 15.0. The van der Waals surface area contributed by atoms with Crippen molar-refractivity contribution < 1.29 is 0 Å². The van der Waals surface area contributed by atoms with Gasteiger partial charge in [0.05, 0.1) is 27.9 Å². The van der Waals surface area contributed by atoms with E-state index in [1.54, 1.807) is 0 Å². The molecule has 0 aliphatic rings. The lowest BCUT2D eigenvalue weighted by atomic mass is 9.95. The third kappa shape index (κ3) is 4.10. The summed E-state index contributed by atoms with van der Waals surface area (Å²) in [7, 11) is 0. The maximum Gasteiger partial charge on any atom is 0.137 e. The normalized spacial score (nSPS) is 11.8. The predicted molar refractivity (Wildman–Crippen MR) is 199 cm³/mol. The van der Waals surface area contributed by atoms with E-state index in [0.29, 0.717) is 0 Å². The van der Waals surface area contributed by atoms with E-state index in [1.807, 2.05) is 24.4 Å². The van der Waals surface area contributed by atoms with Gasteiger partial charge in [0.1, 0.15) is 5.65 Å². The number of nitrogens with zero attached hydrogens (tertiary/aromatic N) is 4. The summed E-state index contributed by atoms with van der Waals surface area (Å²) in [6.07, 6.45) is 4.11. The molecule has 0 N–H and O–H groups in total. The predicted octanol–water partition coefficient (Wildman–Crippen LogP) is 11.1. The topological polar surface area (TPSA) is 35.1 Å². The summed E-state index contributed by atoms with van der Waals surface area (Å²) < 4.78 is 4.44. The Morgan fingerprint density at radius 3 is 1.88 bits per heavy atom. The van der Waals surface area contributed by atoms with Gasteiger partial charge in [0, 0.05) is 56.1 Å². The smallest absolute Gasteiger partial charge is 0.137 e. The van der Waals surface area contributed by atoms with Crippen molar-refractivity contribution in [2.45, 2.75) is 0 Å². The van der Waals surface area contributed by atoms with E-state index in [-0.39, 0.29) is 0 Å². The second-order valence-electron chi connectivity index (χ2n) is 12.3. The van der Waals surface area contributed by atoms with Gasteiger partial charge >= 0.3 is 0 Å². The Balaban J connectivity index is 1.12. The molecule has 0 unspecified atom stereocenters. The lowest BCUT2D eigenvalue weighted by Gasteiger charge is -2.13. The second kappa shape index (κ2) is 10.5. The summed E-state index contributed by atoms with van der Waals surface area (Å²) in [6, 6.07) is 56.0. The summed E-state index contributed by atoms with van der Waals surface area (Å²) >= 11 is 0. The van der Waals surface area contributed by atoms with Gasteiger partial charge in [-0.25, -0.2) is 9.97 Å². The van der Waals surface area contributed by atoms with Gasteiger partial charge in [-0.1, -0.05) is 115 Å². The first-order valence-corrected chi connectivity index (χ1v) is 16.3. The number of hydrogen-bond acceptors (Lipinski definition) is 2. The van der Waals surface area contributed by atoms with Crippen LogP contribution in [-0.4, -0.2) is 18.9 Å². The van der Waals surface area contributed by atoms with Gasteiger partial charge in [-0.3, -0.25) is 0 Å². The minimum atomic E-state index is 0.949. The fourth-order valence-electron chi connectivity index (χ4n) is 7.30. The monoisotopic (exact) mass is 612 g/mol. The van der Waals surface area contributed by atoms with Crippen LogP contribution in [0.5, 0.6) is 0 Å². The second-order valence-corrected chi connectivity index (χ2v) is 12.3. The molecule has 0 amide bonds. The molecule has 0 aliphatic carbocycles. The lowest BCUT2D eigenvalue weighted by Crippen LogP contribution is -1.94. The quantitative estimate of drug-likeness (QED) is 0.185. The van der Waals surface area contributed by atoms with E-state index in [9.17, 15) is 0 Å². The SMILES string of the molecule is c1ccc(-n2c3ccccc3c3c4c(ccc32)c(-c2ccc(-c3ccc(-c5cn6ccccc6n5)cc3)cc2)nc2ccccc24)cc1. The van der Waals surface area contributed by atoms with Crippen molar-refractivity contribution in [3.8, 4) is 39.3 Å². The van der Waals surface area contributed by atoms with E-state index in [1.165, 1.54) is 43.7 Å². The summed E-state index contributed by atoms with van der Waals surface area (Å²) in [5.41, 5.74) is 12.0. The van der Waals surface area contributed by atoms with Crippen LogP contribution >= 0.6 is 0 Å². The molecule has 48 heavy (non-hydrogen) atoms. The lowest BCUT2D eigenvalue weighted by molar-refractivity contribution is 1.18. The fourth-order valence-corrected chi connectivity index (χ4v) is 7.30. The molecule has 0 atom stereocenters. The highest BCUT2D eigenvalue weighted by molar-refractivity contribution is 6.29. The highest BCUT2D eigenvalue weighted by Gasteiger charge is 2.19. The van der Waals surface area contributed by atoms with Crippen LogP contribution in [0.3, 0.4) is 0 Å². The van der Waals surface area contributed by atoms with Gasteiger partial charge in [-0.2, -0.15) is 0 Å². The van der Waals surface area contributed by atoms with Crippen LogP contribution in [0, 0.1) is 0 Å². The number of para-hydroxylation sites is 3. The van der Waals surface area contributed by atoms with Crippen molar-refractivity contribution in [3.63, 3.8) is 0 Å². The van der Waals surface area contributed by atoms with Crippen LogP contribution in [0.25, 0.3) is 88.5 Å². The van der Waals surface area contributed by atoms with Crippen LogP contribution in [0.1, 0.15) is 0 Å². The molecular formula is C44H28N4. The van der Waals surface area contributed by atoms with Gasteiger partial charge in [0.15, 0.2) is 0 Å². The Labute approximate surface area is 276 Å². The van der Waals surface area contributed by atoms with Gasteiger partial charge in [-0.05, 0) is 53.6 Å². The first kappa shape index (κ1) is 26.7. The first-order chi connectivity index (χ1) is 23.8. The maximum atomic E-state index is 5.28. The zero-order chi connectivity index (χ0) is 31.6. The molecule has 0 radical (unpaired) electrons. The molecule has 0 fully saturated rings. The van der Waals surface area contributed by atoms with Gasteiger partial charge in [0.2, 0.25) is 0 Å². The largest absolute Gasteiger partial charge is 0.309 e. The summed E-state index contributed by atoms with van der Waals surface area (Å²) in [4.78, 5) is 10.1. The van der Waals surface area contributed by atoms with Crippen LogP contribution in [-0.2, 0) is 0 Å². The first-order valence-electron chi connectivity index (χ1n) is 16.3. The Morgan fingerprint density at radius 1 is 0.417 bits per heavy atom. The van der Waals surface area contributed by atoms with Crippen molar-refractivity contribution in [2.75, 3.05) is 0 Å². The highest BCUT2D eigenvalue weighted by Crippen LogP contribution is 2.42. The molecule has 0 aliphatic heterocycles. The van der Waals surface area contributed by atoms with Gasteiger partial charge in [0.25, 0.3) is 0 Å². The number of aromatic nitrogens is 4. The van der Waals surface area contributed by atoms with Crippen LogP contribution in [0.15, 0.2) is 170 Å². The number of rotatable bonds is 4. The standard InChI is InChI=1S/C44H28N4/c1-2-10-33(11-3-1)48-39-15-7-5-13-35(39)43-40(48)26-25-36-42(43)34-12-4-6-14-37(34)46-44(36)32-23-19-30(20-24-32)29-17-21-31(22-18-29)38-28-47-27-9-8-16-41(47)45-38/h1-28H. The molecule has 0 saturated heterocycles. The molecule has 224 valence electrons. The number of hydrogen-bond donors (Lipinski definition) is 0. The molecule has 10 aromatic rings. The van der Waals surface area contributed by atoms with Crippen LogP contribution in [0.4, 0.5) is 0 Å². The minimum Gasteiger partial charge on any atom is -0.309 e. The third-order valence-corrected chi connectivity index (χ3v) is 9.55. The zero-order valence-corrected chi connectivity index (χ0v) is 26.0. The fraction of sp³-hybridized carbons (Fsp3) is 0. The van der Waals surface area contributed by atoms with Crippen molar-refractivity contribution >= 4 is 49.1 Å². The maximum absolute atomic E-state index is 5.28. The molecule has 4 heteroatoms. The Bertz CT molecular complexity index is 2770. The summed E-state index contributed by atoms with van der Waals surface area (Å²) in [5.74, 6) is 0. The Kier molecular flexibility index (Phi) is 5.84. The number of fused-ring (bicyclic) bond motifs is 8. The molecule has 4 aromatic heterocycles. The molecular weight excluding hydrogens is 585 g/mol. The Morgan fingerprint density at radius 2 is 1.08 bits per heavy atom. The summed E-state index contributed by atoms with van der Waals surface area (Å²) in [5, 5.41) is 6.06. The molecule has 0 bridgehead atoms. The van der Waals surface area contributed by atoms with Gasteiger partial charge in [-0.15, -0.1) is 0 Å². The Hall–Kier alpha value is -6.52. The van der Waals surface area contributed by atoms with Crippen molar-refractivity contribution in [3.05, 3.63) is 170 Å². The van der Waals surface area contributed by atoms with E-state index < -0.39 is 0 Å². The molecule has 0 spiro atoms. The van der Waals surface area contributed by atoms with E-state index in [0.717, 1.165) is 44.8 Å². The summed E-state index contributed by atoms with van der Waals surface area (Å²) in [6.45, 7) is 0. The van der Waals surface area contributed by atoms with E-state index in [4.69, 9.17) is 9.97 Å². The molecule has 4 nitrogen and oxygen atoms in total. The van der Waals surface area contributed by atoms with Crippen molar-refractivity contribution in [2.24, 2.45) is 0 Å². The van der Waals surface area contributed by atoms with Crippen molar-refractivity contribution in [1.82, 2.24) is 18.9 Å². The number of pyridine rings is 2. The zero-order valence-electron chi connectivity index (χ0n) is 26.0. The average Bonchev–Trinajstić information content (AvgIpc) is 3.75. The number of imidazole rings is 1. The molecule has 6 aromatic carbocycles. The average molecular weight is 613 g/mol. The van der Waals surface area contributed by atoms with E-state index >= 15 is 0 Å². The molecule has 0 saturated carbocycles. The number of benzene rings is 6. The van der Waals surface area contributed by atoms with Gasteiger partial charge < -0.3 is 8.97 Å². The minimum absolute atomic E-state index is 0.949. The van der Waals surface area contributed by atoms with E-state index in [2.05, 4.69) is 155 Å². The van der Waals surface area contributed by atoms with Crippen molar-refractivity contribution in [1.29, 1.82) is 0 Å². The van der Waals surface area contributed by atoms with Crippen LogP contribution < -0.4 is 0 Å². The molecule has 10 rings (SSSR count). The van der Waals surface area contributed by atoms with Crippen LogP contribution in [0.2, 0.25) is 0 Å². The third-order valence-electron chi connectivity index (χ3n) is 9.55. The molecule has 4 heterocycles.